The number of aromatic nitrogens is 3. The first kappa shape index (κ1) is 24.5. The molecule has 198 valence electrons. The van der Waals surface area contributed by atoms with E-state index >= 15 is 0 Å². The second-order valence-electron chi connectivity index (χ2n) is 10.2. The summed E-state index contributed by atoms with van der Waals surface area (Å²) >= 11 is 6.62. The minimum absolute atomic E-state index is 0.547. The van der Waals surface area contributed by atoms with Crippen molar-refractivity contribution in [2.75, 3.05) is 0 Å². The van der Waals surface area contributed by atoms with Crippen molar-refractivity contribution in [1.29, 1.82) is 0 Å². The van der Waals surface area contributed by atoms with Gasteiger partial charge in [-0.3, -0.25) is 0 Å². The molecule has 4 nitrogen and oxygen atoms in total. The maximum Gasteiger partial charge on any atom is 0.164 e. The fraction of sp³-hybridized carbons (Fsp3) is 0. The normalized spacial score (nSPS) is 11.5. The molecule has 0 aliphatic carbocycles. The zero-order chi connectivity index (χ0) is 28.0. The molecule has 0 radical (unpaired) electrons. The second kappa shape index (κ2) is 9.95. The summed E-state index contributed by atoms with van der Waals surface area (Å²) in [6, 6.07) is 45.0. The second-order valence-corrected chi connectivity index (χ2v) is 10.6. The van der Waals surface area contributed by atoms with Crippen LogP contribution in [0.2, 0.25) is 5.02 Å². The fourth-order valence-corrected chi connectivity index (χ4v) is 5.70. The Morgan fingerprint density at radius 1 is 0.476 bits per heavy atom. The van der Waals surface area contributed by atoms with Crippen molar-refractivity contribution in [3.05, 3.63) is 138 Å². The maximum absolute atomic E-state index is 6.62. The van der Waals surface area contributed by atoms with Gasteiger partial charge in [0.25, 0.3) is 0 Å². The van der Waals surface area contributed by atoms with E-state index in [4.69, 9.17) is 31.0 Å². The zero-order valence-electron chi connectivity index (χ0n) is 22.3. The fourth-order valence-electron chi connectivity index (χ4n) is 5.51. The molecule has 2 heterocycles. The summed E-state index contributed by atoms with van der Waals surface area (Å²) in [5.41, 5.74) is 6.34. The summed E-state index contributed by atoms with van der Waals surface area (Å²) in [4.78, 5) is 15.0. The molecule has 42 heavy (non-hydrogen) atoms. The molecule has 0 saturated carbocycles. The van der Waals surface area contributed by atoms with E-state index in [2.05, 4.69) is 66.7 Å². The Balaban J connectivity index is 1.35. The topological polar surface area (TPSA) is 51.8 Å². The van der Waals surface area contributed by atoms with Gasteiger partial charge in [0, 0.05) is 27.5 Å². The van der Waals surface area contributed by atoms with Crippen LogP contribution in [0.25, 0.3) is 78.0 Å². The minimum atomic E-state index is 0.547. The summed E-state index contributed by atoms with van der Waals surface area (Å²) < 4.78 is 6.18. The quantitative estimate of drug-likeness (QED) is 0.215. The van der Waals surface area contributed by atoms with Crippen LogP contribution < -0.4 is 0 Å². The van der Waals surface area contributed by atoms with E-state index in [-0.39, 0.29) is 0 Å². The monoisotopic (exact) mass is 559 g/mol. The van der Waals surface area contributed by atoms with Gasteiger partial charge in [0.15, 0.2) is 23.1 Å². The number of nitrogens with zero attached hydrogens (tertiary/aromatic N) is 3. The molecule has 0 N–H and O–H groups in total. The van der Waals surface area contributed by atoms with Gasteiger partial charge in [0.05, 0.1) is 5.02 Å². The first-order valence-electron chi connectivity index (χ1n) is 13.7. The van der Waals surface area contributed by atoms with Crippen molar-refractivity contribution in [1.82, 2.24) is 15.0 Å². The average Bonchev–Trinajstić information content (AvgIpc) is 3.46. The molecule has 8 rings (SSSR count). The SMILES string of the molecule is Clc1ccc(-c2nc(-c3ccc(-c4ccccc4)cc3)nc(-c3ccc4ccccc4c3)n2)c2c1oc1ccccc12. The van der Waals surface area contributed by atoms with E-state index in [0.717, 1.165) is 54.9 Å². The smallest absolute Gasteiger partial charge is 0.164 e. The standard InChI is InChI=1S/C37H22ClN3O/c38-31-21-20-30(33-29-12-6-7-13-32(29)42-34(31)33)37-40-35(26-17-14-25(15-18-26)23-8-2-1-3-9-23)39-36(41-37)28-19-16-24-10-4-5-11-27(24)22-28/h1-22H. The average molecular weight is 560 g/mol. The van der Waals surface area contributed by atoms with E-state index in [9.17, 15) is 0 Å². The summed E-state index contributed by atoms with van der Waals surface area (Å²) in [5.74, 6) is 1.76. The molecule has 0 fully saturated rings. The van der Waals surface area contributed by atoms with E-state index in [1.165, 1.54) is 0 Å². The van der Waals surface area contributed by atoms with E-state index < -0.39 is 0 Å². The lowest BCUT2D eigenvalue weighted by Crippen LogP contribution is -2.00. The van der Waals surface area contributed by atoms with Gasteiger partial charge in [-0.05, 0) is 46.2 Å². The number of para-hydroxylation sites is 1. The van der Waals surface area contributed by atoms with Crippen LogP contribution >= 0.6 is 11.6 Å². The molecular formula is C37H22ClN3O. The number of fused-ring (bicyclic) bond motifs is 4. The van der Waals surface area contributed by atoms with Gasteiger partial charge in [0.2, 0.25) is 0 Å². The van der Waals surface area contributed by atoms with Gasteiger partial charge in [-0.15, -0.1) is 0 Å². The zero-order valence-corrected chi connectivity index (χ0v) is 23.1. The summed E-state index contributed by atoms with van der Waals surface area (Å²) in [5, 5.41) is 4.69. The lowest BCUT2D eigenvalue weighted by atomic mass is 10.0. The highest BCUT2D eigenvalue weighted by molar-refractivity contribution is 6.36. The third-order valence-electron chi connectivity index (χ3n) is 7.61. The first-order chi connectivity index (χ1) is 20.7. The molecule has 0 unspecified atom stereocenters. The largest absolute Gasteiger partial charge is 0.454 e. The van der Waals surface area contributed by atoms with Crippen molar-refractivity contribution in [3.63, 3.8) is 0 Å². The molecule has 6 aromatic carbocycles. The molecule has 2 aromatic heterocycles. The van der Waals surface area contributed by atoms with E-state index in [1.54, 1.807) is 0 Å². The lowest BCUT2D eigenvalue weighted by molar-refractivity contribution is 0.669. The number of hydrogen-bond acceptors (Lipinski definition) is 4. The van der Waals surface area contributed by atoms with Gasteiger partial charge < -0.3 is 4.42 Å². The van der Waals surface area contributed by atoms with Crippen molar-refractivity contribution >= 4 is 44.3 Å². The van der Waals surface area contributed by atoms with Crippen LogP contribution in [0.15, 0.2) is 138 Å². The van der Waals surface area contributed by atoms with Crippen LogP contribution in [0, 0.1) is 0 Å². The third kappa shape index (κ3) is 4.21. The van der Waals surface area contributed by atoms with E-state index in [1.807, 2.05) is 66.7 Å². The lowest BCUT2D eigenvalue weighted by Gasteiger charge is -2.11. The van der Waals surface area contributed by atoms with Crippen molar-refractivity contribution in [2.24, 2.45) is 0 Å². The van der Waals surface area contributed by atoms with Gasteiger partial charge in [-0.25, -0.2) is 15.0 Å². The molecule has 0 aliphatic rings. The summed E-state index contributed by atoms with van der Waals surface area (Å²) in [6.45, 7) is 0. The highest BCUT2D eigenvalue weighted by Crippen LogP contribution is 2.40. The predicted molar refractivity (Wildman–Crippen MR) is 171 cm³/mol. The number of halogens is 1. The number of benzene rings is 6. The Kier molecular flexibility index (Phi) is 5.80. The highest BCUT2D eigenvalue weighted by atomic mass is 35.5. The minimum Gasteiger partial charge on any atom is -0.454 e. The van der Waals surface area contributed by atoms with Crippen molar-refractivity contribution < 1.29 is 4.42 Å². The van der Waals surface area contributed by atoms with Gasteiger partial charge in [-0.1, -0.05) is 121 Å². The molecule has 0 amide bonds. The Morgan fingerprint density at radius 3 is 1.93 bits per heavy atom. The van der Waals surface area contributed by atoms with Gasteiger partial charge in [-0.2, -0.15) is 0 Å². The molecule has 0 spiro atoms. The van der Waals surface area contributed by atoms with Crippen LogP contribution in [0.3, 0.4) is 0 Å². The molecule has 0 saturated heterocycles. The Labute approximate surface area is 246 Å². The van der Waals surface area contributed by atoms with Crippen LogP contribution in [0.1, 0.15) is 0 Å². The molecule has 8 aromatic rings. The predicted octanol–water partition coefficient (Wildman–Crippen LogP) is 10.2. The Hall–Kier alpha value is -5.32. The summed E-state index contributed by atoms with van der Waals surface area (Å²) in [6.07, 6.45) is 0. The Morgan fingerprint density at radius 2 is 1.10 bits per heavy atom. The number of furan rings is 1. The Bertz CT molecular complexity index is 2260. The van der Waals surface area contributed by atoms with Crippen molar-refractivity contribution in [2.45, 2.75) is 0 Å². The highest BCUT2D eigenvalue weighted by Gasteiger charge is 2.19. The van der Waals surface area contributed by atoms with Crippen LogP contribution in [0.5, 0.6) is 0 Å². The molecular weight excluding hydrogens is 538 g/mol. The van der Waals surface area contributed by atoms with Crippen LogP contribution in [0.4, 0.5) is 0 Å². The van der Waals surface area contributed by atoms with Crippen molar-refractivity contribution in [3.8, 4) is 45.3 Å². The third-order valence-corrected chi connectivity index (χ3v) is 7.91. The van der Waals surface area contributed by atoms with Gasteiger partial charge in [0.1, 0.15) is 5.58 Å². The van der Waals surface area contributed by atoms with Gasteiger partial charge >= 0.3 is 0 Å². The molecule has 5 heteroatoms. The van der Waals surface area contributed by atoms with Crippen LogP contribution in [-0.2, 0) is 0 Å². The van der Waals surface area contributed by atoms with E-state index in [0.29, 0.717) is 28.1 Å². The maximum atomic E-state index is 6.62. The number of rotatable bonds is 4. The summed E-state index contributed by atoms with van der Waals surface area (Å²) in [7, 11) is 0. The number of hydrogen-bond donors (Lipinski definition) is 0. The van der Waals surface area contributed by atoms with Crippen LogP contribution in [-0.4, -0.2) is 15.0 Å². The molecule has 0 bridgehead atoms. The molecule has 0 aliphatic heterocycles. The molecule has 0 atom stereocenters. The first-order valence-corrected chi connectivity index (χ1v) is 14.1.